The number of para-hydroxylation sites is 1. The zero-order valence-electron chi connectivity index (χ0n) is 24.0. The number of rotatable bonds is 13. The standard InChI is InChI=1S/C29H37N5O7S/c1-4-21(5-2)27(35)31-22-11-12-24(25(19-22)42(38,39)30-13-14-33-15-17-40-18-16-33)41-28-20(3)26(29(36)37)32-34(28)23-9-7-6-8-10-23/h6-12,19,21,30H,4-5,13-18H2,1-3H3,(H,31,35)(H,36,37). The van der Waals surface area contributed by atoms with Gasteiger partial charge in [0.05, 0.1) is 18.9 Å². The van der Waals surface area contributed by atoms with Crippen LogP contribution in [0.1, 0.15) is 42.7 Å². The van der Waals surface area contributed by atoms with E-state index in [-0.39, 0.29) is 46.2 Å². The largest absolute Gasteiger partial charge is 0.476 e. The average molecular weight is 600 g/mol. The quantitative estimate of drug-likeness (QED) is 0.267. The molecule has 1 amide bonds. The van der Waals surface area contributed by atoms with Crippen LogP contribution in [0.3, 0.4) is 0 Å². The average Bonchev–Trinajstić information content (AvgIpc) is 3.31. The fourth-order valence-electron chi connectivity index (χ4n) is 4.68. The monoisotopic (exact) mass is 599 g/mol. The fraction of sp³-hybridized carbons (Fsp3) is 0.414. The molecule has 0 atom stereocenters. The summed E-state index contributed by atoms with van der Waals surface area (Å²) < 4.78 is 42.8. The molecule has 0 saturated carbocycles. The van der Waals surface area contributed by atoms with Gasteiger partial charge in [0.1, 0.15) is 10.6 Å². The van der Waals surface area contributed by atoms with Gasteiger partial charge in [-0.05, 0) is 50.1 Å². The maximum absolute atomic E-state index is 13.7. The minimum absolute atomic E-state index is 0.0495. The predicted molar refractivity (Wildman–Crippen MR) is 157 cm³/mol. The summed E-state index contributed by atoms with van der Waals surface area (Å²) in [5.74, 6) is -1.67. The molecule has 1 fully saturated rings. The second-order valence-corrected chi connectivity index (χ2v) is 11.7. The normalized spacial score (nSPS) is 14.2. The van der Waals surface area contributed by atoms with E-state index in [0.717, 1.165) is 0 Å². The first-order valence-corrected chi connectivity index (χ1v) is 15.4. The first-order chi connectivity index (χ1) is 20.1. The van der Waals surface area contributed by atoms with Crippen LogP contribution in [0.25, 0.3) is 5.69 Å². The van der Waals surface area contributed by atoms with Crippen LogP contribution < -0.4 is 14.8 Å². The minimum atomic E-state index is -4.13. The number of morpholine rings is 1. The highest BCUT2D eigenvalue weighted by Crippen LogP contribution is 2.35. The van der Waals surface area contributed by atoms with E-state index in [0.29, 0.717) is 57.1 Å². The molecule has 12 nitrogen and oxygen atoms in total. The summed E-state index contributed by atoms with van der Waals surface area (Å²) in [5, 5.41) is 16.8. The Morgan fingerprint density at radius 2 is 1.79 bits per heavy atom. The lowest BCUT2D eigenvalue weighted by Gasteiger charge is -2.26. The number of carboxylic acids is 1. The number of aromatic carboxylic acids is 1. The van der Waals surface area contributed by atoms with Crippen LogP contribution in [-0.4, -0.2) is 79.5 Å². The molecule has 13 heteroatoms. The van der Waals surface area contributed by atoms with Crippen LogP contribution in [0.5, 0.6) is 11.6 Å². The number of aromatic nitrogens is 2. The number of benzene rings is 2. The Kier molecular flexibility index (Phi) is 10.3. The smallest absolute Gasteiger partial charge is 0.356 e. The molecule has 226 valence electrons. The first kappa shape index (κ1) is 31.2. The van der Waals surface area contributed by atoms with Crippen molar-refractivity contribution >= 4 is 27.6 Å². The molecule has 2 heterocycles. The summed E-state index contributed by atoms with van der Waals surface area (Å²) in [7, 11) is -4.13. The molecule has 1 aliphatic rings. The summed E-state index contributed by atoms with van der Waals surface area (Å²) in [6.07, 6.45) is 1.29. The molecule has 0 aliphatic carbocycles. The van der Waals surface area contributed by atoms with E-state index in [2.05, 4.69) is 20.0 Å². The summed E-state index contributed by atoms with van der Waals surface area (Å²) in [6, 6.07) is 13.1. The second-order valence-electron chi connectivity index (χ2n) is 9.95. The molecule has 3 aromatic rings. The van der Waals surface area contributed by atoms with E-state index in [1.165, 1.54) is 16.8 Å². The Morgan fingerprint density at radius 1 is 1.10 bits per heavy atom. The van der Waals surface area contributed by atoms with Crippen LogP contribution in [0, 0.1) is 12.8 Å². The van der Waals surface area contributed by atoms with Gasteiger partial charge in [-0.2, -0.15) is 9.78 Å². The maximum Gasteiger partial charge on any atom is 0.356 e. The number of carbonyl (C=O) groups excluding carboxylic acids is 1. The number of sulfonamides is 1. The molecular weight excluding hydrogens is 562 g/mol. The summed E-state index contributed by atoms with van der Waals surface area (Å²) >= 11 is 0. The van der Waals surface area contributed by atoms with E-state index in [9.17, 15) is 23.1 Å². The molecule has 1 aliphatic heterocycles. The molecular formula is C29H37N5O7S. The second kappa shape index (κ2) is 13.9. The van der Waals surface area contributed by atoms with E-state index in [1.807, 2.05) is 13.8 Å². The van der Waals surface area contributed by atoms with Crippen molar-refractivity contribution in [2.24, 2.45) is 5.92 Å². The number of amides is 1. The van der Waals surface area contributed by atoms with Gasteiger partial charge in [-0.1, -0.05) is 32.0 Å². The van der Waals surface area contributed by atoms with Crippen molar-refractivity contribution < 1.29 is 32.6 Å². The third-order valence-corrected chi connectivity index (χ3v) is 8.64. The third kappa shape index (κ3) is 7.34. The number of anilines is 1. The van der Waals surface area contributed by atoms with E-state index in [4.69, 9.17) is 9.47 Å². The van der Waals surface area contributed by atoms with Crippen molar-refractivity contribution in [1.29, 1.82) is 0 Å². The zero-order chi connectivity index (χ0) is 30.3. The highest BCUT2D eigenvalue weighted by atomic mass is 32.2. The highest BCUT2D eigenvalue weighted by Gasteiger charge is 2.27. The Morgan fingerprint density at radius 3 is 2.43 bits per heavy atom. The van der Waals surface area contributed by atoms with Gasteiger partial charge in [0.15, 0.2) is 5.69 Å². The van der Waals surface area contributed by atoms with Gasteiger partial charge in [0.25, 0.3) is 0 Å². The highest BCUT2D eigenvalue weighted by molar-refractivity contribution is 7.89. The Hall–Kier alpha value is -3.78. The van der Waals surface area contributed by atoms with Crippen molar-refractivity contribution in [3.63, 3.8) is 0 Å². The van der Waals surface area contributed by atoms with Gasteiger partial charge >= 0.3 is 5.97 Å². The molecule has 4 rings (SSSR count). The molecule has 0 spiro atoms. The lowest BCUT2D eigenvalue weighted by Crippen LogP contribution is -2.41. The molecule has 0 unspecified atom stereocenters. The number of ether oxygens (including phenoxy) is 2. The number of carboxylic acid groups (broad SMARTS) is 1. The Labute approximate surface area is 245 Å². The number of hydrogen-bond donors (Lipinski definition) is 3. The van der Waals surface area contributed by atoms with Crippen molar-refractivity contribution in [3.8, 4) is 17.3 Å². The number of carbonyl (C=O) groups is 2. The predicted octanol–water partition coefficient (Wildman–Crippen LogP) is 3.66. The van der Waals surface area contributed by atoms with E-state index >= 15 is 0 Å². The van der Waals surface area contributed by atoms with Crippen LogP contribution in [0.2, 0.25) is 0 Å². The molecule has 2 aromatic carbocycles. The van der Waals surface area contributed by atoms with Gasteiger partial charge in [0.2, 0.25) is 21.8 Å². The van der Waals surface area contributed by atoms with Crippen molar-refractivity contribution in [1.82, 2.24) is 19.4 Å². The van der Waals surface area contributed by atoms with Crippen molar-refractivity contribution in [2.75, 3.05) is 44.7 Å². The molecule has 3 N–H and O–H groups in total. The fourth-order valence-corrected chi connectivity index (χ4v) is 5.85. The molecule has 0 radical (unpaired) electrons. The number of nitrogens with one attached hydrogen (secondary N) is 2. The molecule has 1 saturated heterocycles. The first-order valence-electron chi connectivity index (χ1n) is 14.0. The number of hydrogen-bond acceptors (Lipinski definition) is 8. The Balaban J connectivity index is 1.71. The van der Waals surface area contributed by atoms with Gasteiger partial charge in [-0.3, -0.25) is 9.69 Å². The van der Waals surface area contributed by atoms with Crippen molar-refractivity contribution in [2.45, 2.75) is 38.5 Å². The van der Waals surface area contributed by atoms with E-state index in [1.54, 1.807) is 43.3 Å². The van der Waals surface area contributed by atoms with Gasteiger partial charge in [-0.15, -0.1) is 0 Å². The van der Waals surface area contributed by atoms with Gasteiger partial charge in [0, 0.05) is 43.3 Å². The molecule has 42 heavy (non-hydrogen) atoms. The van der Waals surface area contributed by atoms with Gasteiger partial charge < -0.3 is 19.9 Å². The van der Waals surface area contributed by atoms with Gasteiger partial charge in [-0.25, -0.2) is 17.9 Å². The van der Waals surface area contributed by atoms with Crippen molar-refractivity contribution in [3.05, 3.63) is 59.8 Å². The van der Waals surface area contributed by atoms with E-state index < -0.39 is 16.0 Å². The SMILES string of the molecule is CCC(CC)C(=O)Nc1ccc(Oc2c(C)c(C(=O)O)nn2-c2ccccc2)c(S(=O)(=O)NCCN2CCOCC2)c1. The Bertz CT molecular complexity index is 1500. The third-order valence-electron chi connectivity index (χ3n) is 7.16. The summed E-state index contributed by atoms with van der Waals surface area (Å²) in [6.45, 7) is 8.63. The topological polar surface area (TPSA) is 152 Å². The zero-order valence-corrected chi connectivity index (χ0v) is 24.8. The van der Waals surface area contributed by atoms with Crippen LogP contribution in [0.15, 0.2) is 53.4 Å². The van der Waals surface area contributed by atoms with Crippen LogP contribution >= 0.6 is 0 Å². The minimum Gasteiger partial charge on any atom is -0.476 e. The molecule has 0 bridgehead atoms. The molecule has 1 aromatic heterocycles. The lowest BCUT2D eigenvalue weighted by atomic mass is 10.0. The maximum atomic E-state index is 13.7. The van der Waals surface area contributed by atoms with Crippen LogP contribution in [0.4, 0.5) is 5.69 Å². The summed E-state index contributed by atoms with van der Waals surface area (Å²) in [4.78, 5) is 26.6. The summed E-state index contributed by atoms with van der Waals surface area (Å²) in [5.41, 5.74) is 0.828. The number of nitrogens with zero attached hydrogens (tertiary/aromatic N) is 3. The van der Waals surface area contributed by atoms with Crippen LogP contribution in [-0.2, 0) is 19.6 Å². The lowest BCUT2D eigenvalue weighted by molar-refractivity contribution is -0.120.